The van der Waals surface area contributed by atoms with Crippen LogP contribution in [0.1, 0.15) is 21.5 Å². The van der Waals surface area contributed by atoms with Crippen molar-refractivity contribution >= 4 is 28.9 Å². The Morgan fingerprint density at radius 2 is 1.88 bits per heavy atom. The highest BCUT2D eigenvalue weighted by Gasteiger charge is 2.08. The lowest BCUT2D eigenvalue weighted by molar-refractivity contribution is 0.102. The van der Waals surface area contributed by atoms with E-state index in [9.17, 15) is 4.79 Å². The van der Waals surface area contributed by atoms with Crippen molar-refractivity contribution in [2.24, 2.45) is 0 Å². The zero-order chi connectivity index (χ0) is 18.4. The Morgan fingerprint density at radius 1 is 1.04 bits per heavy atom. The molecule has 0 aliphatic heterocycles. The van der Waals surface area contributed by atoms with Crippen molar-refractivity contribution in [2.45, 2.75) is 13.3 Å². The van der Waals surface area contributed by atoms with Gasteiger partial charge in [0.2, 0.25) is 0 Å². The molecule has 0 aliphatic rings. The summed E-state index contributed by atoms with van der Waals surface area (Å²) in [6.45, 7) is 2.71. The van der Waals surface area contributed by atoms with Crippen molar-refractivity contribution in [3.05, 3.63) is 88.7 Å². The third-order valence-corrected chi connectivity index (χ3v) is 4.14. The molecule has 4 nitrogen and oxygen atoms in total. The number of hydrogen-bond acceptors (Lipinski definition) is 3. The highest BCUT2D eigenvalue weighted by atomic mass is 35.5. The number of hydrogen-bond donors (Lipinski definition) is 2. The molecule has 5 heteroatoms. The predicted octanol–water partition coefficient (Wildman–Crippen LogP) is 4.95. The van der Waals surface area contributed by atoms with Crippen LogP contribution in [0.5, 0.6) is 0 Å². The Kier molecular flexibility index (Phi) is 5.87. The van der Waals surface area contributed by atoms with Gasteiger partial charge in [0.05, 0.1) is 11.3 Å². The van der Waals surface area contributed by atoms with Crippen LogP contribution >= 0.6 is 11.6 Å². The maximum Gasteiger partial charge on any atom is 0.257 e. The molecule has 3 rings (SSSR count). The molecule has 1 heterocycles. The number of amides is 1. The molecule has 0 saturated heterocycles. The Bertz CT molecular complexity index is 911. The van der Waals surface area contributed by atoms with E-state index in [1.807, 2.05) is 55.5 Å². The van der Waals surface area contributed by atoms with Gasteiger partial charge in [0.1, 0.15) is 0 Å². The molecule has 0 bridgehead atoms. The smallest absolute Gasteiger partial charge is 0.257 e. The van der Waals surface area contributed by atoms with Crippen molar-refractivity contribution in [1.29, 1.82) is 0 Å². The van der Waals surface area contributed by atoms with E-state index in [1.165, 1.54) is 0 Å². The average molecular weight is 366 g/mol. The highest BCUT2D eigenvalue weighted by molar-refractivity contribution is 6.30. The molecule has 2 aromatic carbocycles. The number of carbonyl (C=O) groups is 1. The summed E-state index contributed by atoms with van der Waals surface area (Å²) in [6, 6.07) is 17.3. The minimum atomic E-state index is -0.179. The first-order valence-electron chi connectivity index (χ1n) is 8.41. The number of rotatable bonds is 6. The van der Waals surface area contributed by atoms with E-state index < -0.39 is 0 Å². The number of anilines is 2. The molecule has 3 aromatic rings. The van der Waals surface area contributed by atoms with E-state index in [2.05, 4.69) is 15.6 Å². The summed E-state index contributed by atoms with van der Waals surface area (Å²) >= 11 is 6.00. The van der Waals surface area contributed by atoms with Crippen molar-refractivity contribution < 1.29 is 4.79 Å². The van der Waals surface area contributed by atoms with Crippen molar-refractivity contribution in [1.82, 2.24) is 4.98 Å². The molecular formula is C21H20ClN3O. The predicted molar refractivity (Wildman–Crippen MR) is 107 cm³/mol. The Hall–Kier alpha value is -2.85. The second-order valence-corrected chi connectivity index (χ2v) is 6.53. The number of aryl methyl sites for hydroxylation is 1. The molecule has 0 spiro atoms. The van der Waals surface area contributed by atoms with Gasteiger partial charge in [-0.15, -0.1) is 0 Å². The van der Waals surface area contributed by atoms with E-state index in [0.717, 1.165) is 40.5 Å². The Morgan fingerprint density at radius 3 is 2.69 bits per heavy atom. The number of halogens is 1. The number of benzene rings is 2. The fourth-order valence-corrected chi connectivity index (χ4v) is 2.84. The van der Waals surface area contributed by atoms with Crippen molar-refractivity contribution in [2.75, 3.05) is 17.2 Å². The van der Waals surface area contributed by atoms with Gasteiger partial charge in [-0.05, 0) is 54.8 Å². The monoisotopic (exact) mass is 365 g/mol. The highest BCUT2D eigenvalue weighted by Crippen LogP contribution is 2.15. The Labute approximate surface area is 158 Å². The van der Waals surface area contributed by atoms with Gasteiger partial charge in [-0.2, -0.15) is 0 Å². The summed E-state index contributed by atoms with van der Waals surface area (Å²) in [5.74, 6) is -0.179. The zero-order valence-electron chi connectivity index (χ0n) is 14.5. The molecule has 0 aliphatic carbocycles. The molecule has 132 valence electrons. The van der Waals surface area contributed by atoms with E-state index in [1.54, 1.807) is 18.5 Å². The van der Waals surface area contributed by atoms with Crippen LogP contribution in [0.15, 0.2) is 67.0 Å². The molecule has 0 fully saturated rings. The summed E-state index contributed by atoms with van der Waals surface area (Å²) in [6.07, 6.45) is 4.11. The van der Waals surface area contributed by atoms with Gasteiger partial charge in [0.15, 0.2) is 0 Å². The maximum atomic E-state index is 12.4. The lowest BCUT2D eigenvalue weighted by Gasteiger charge is -2.09. The number of nitrogens with zero attached hydrogens (tertiary/aromatic N) is 1. The lowest BCUT2D eigenvalue weighted by atomic mass is 10.1. The molecule has 26 heavy (non-hydrogen) atoms. The van der Waals surface area contributed by atoms with Gasteiger partial charge in [0.25, 0.3) is 5.91 Å². The summed E-state index contributed by atoms with van der Waals surface area (Å²) in [7, 11) is 0. The van der Waals surface area contributed by atoms with E-state index >= 15 is 0 Å². The second-order valence-electron chi connectivity index (χ2n) is 6.09. The first-order chi connectivity index (χ1) is 12.6. The standard InChI is InChI=1S/C21H20ClN3O/c1-15-4-2-7-19(10-15)25-21(26)17-12-20(14-23-13-17)24-9-8-16-5-3-6-18(22)11-16/h2-7,10-14,24H,8-9H2,1H3,(H,25,26). The van der Waals surface area contributed by atoms with Gasteiger partial charge in [0, 0.05) is 29.6 Å². The third-order valence-electron chi connectivity index (χ3n) is 3.91. The minimum absolute atomic E-state index is 0.179. The zero-order valence-corrected chi connectivity index (χ0v) is 15.3. The summed E-state index contributed by atoms with van der Waals surface area (Å²) in [5.41, 5.74) is 4.35. The summed E-state index contributed by atoms with van der Waals surface area (Å²) in [5, 5.41) is 6.92. The van der Waals surface area contributed by atoms with E-state index in [0.29, 0.717) is 5.56 Å². The number of aromatic nitrogens is 1. The number of carbonyl (C=O) groups excluding carboxylic acids is 1. The van der Waals surface area contributed by atoms with Crippen LogP contribution in [0.3, 0.4) is 0 Å². The SMILES string of the molecule is Cc1cccc(NC(=O)c2cncc(NCCc3cccc(Cl)c3)c2)c1. The van der Waals surface area contributed by atoms with Gasteiger partial charge >= 0.3 is 0 Å². The van der Waals surface area contributed by atoms with E-state index in [4.69, 9.17) is 11.6 Å². The quantitative estimate of drug-likeness (QED) is 0.649. The first-order valence-corrected chi connectivity index (χ1v) is 8.79. The normalized spacial score (nSPS) is 10.4. The summed E-state index contributed by atoms with van der Waals surface area (Å²) in [4.78, 5) is 16.6. The van der Waals surface area contributed by atoms with Crippen LogP contribution in [0, 0.1) is 6.92 Å². The third kappa shape index (κ3) is 5.07. The topological polar surface area (TPSA) is 54.0 Å². The lowest BCUT2D eigenvalue weighted by Crippen LogP contribution is -2.13. The van der Waals surface area contributed by atoms with Crippen LogP contribution in [-0.4, -0.2) is 17.4 Å². The van der Waals surface area contributed by atoms with Crippen LogP contribution in [0.2, 0.25) is 5.02 Å². The molecule has 0 atom stereocenters. The van der Waals surface area contributed by atoms with Crippen LogP contribution < -0.4 is 10.6 Å². The molecule has 0 saturated carbocycles. The Balaban J connectivity index is 1.59. The molecule has 1 aromatic heterocycles. The van der Waals surface area contributed by atoms with Gasteiger partial charge in [-0.25, -0.2) is 0 Å². The fraction of sp³-hybridized carbons (Fsp3) is 0.143. The summed E-state index contributed by atoms with van der Waals surface area (Å²) < 4.78 is 0. The van der Waals surface area contributed by atoms with Gasteiger partial charge in [-0.1, -0.05) is 35.9 Å². The number of nitrogens with one attached hydrogen (secondary N) is 2. The van der Waals surface area contributed by atoms with Crippen LogP contribution in [0.4, 0.5) is 11.4 Å². The van der Waals surface area contributed by atoms with Crippen molar-refractivity contribution in [3.8, 4) is 0 Å². The molecule has 1 amide bonds. The average Bonchev–Trinajstić information content (AvgIpc) is 2.62. The molecule has 2 N–H and O–H groups in total. The molecule has 0 unspecified atom stereocenters. The van der Waals surface area contributed by atoms with Crippen molar-refractivity contribution in [3.63, 3.8) is 0 Å². The minimum Gasteiger partial charge on any atom is -0.383 e. The van der Waals surface area contributed by atoms with Crippen LogP contribution in [0.25, 0.3) is 0 Å². The molecule has 0 radical (unpaired) electrons. The fourth-order valence-electron chi connectivity index (χ4n) is 2.63. The van der Waals surface area contributed by atoms with Gasteiger partial charge < -0.3 is 10.6 Å². The maximum absolute atomic E-state index is 12.4. The molecular weight excluding hydrogens is 346 g/mol. The van der Waals surface area contributed by atoms with Gasteiger partial charge in [-0.3, -0.25) is 9.78 Å². The van der Waals surface area contributed by atoms with E-state index in [-0.39, 0.29) is 5.91 Å². The first kappa shape index (κ1) is 18.0. The largest absolute Gasteiger partial charge is 0.383 e. The number of pyridine rings is 1. The van der Waals surface area contributed by atoms with Crippen LogP contribution in [-0.2, 0) is 6.42 Å². The second kappa shape index (κ2) is 8.50.